The van der Waals surface area contributed by atoms with E-state index in [1.54, 1.807) is 0 Å². The van der Waals surface area contributed by atoms with Crippen molar-refractivity contribution < 1.29 is 27.9 Å². The van der Waals surface area contributed by atoms with Crippen LogP contribution in [0.1, 0.15) is 0 Å². The first-order valence-corrected chi connectivity index (χ1v) is 7.04. The zero-order chi connectivity index (χ0) is 12.7. The summed E-state index contributed by atoms with van der Waals surface area (Å²) in [6, 6.07) is 0. The molecule has 0 aliphatic carbocycles. The number of ether oxygens (including phenoxy) is 5. The van der Waals surface area contributed by atoms with Crippen LogP contribution in [0.15, 0.2) is 0 Å². The van der Waals surface area contributed by atoms with Crippen LogP contribution < -0.4 is 0 Å². The maximum absolute atomic E-state index is 5.32. The summed E-state index contributed by atoms with van der Waals surface area (Å²) in [6.45, 7) is 5.74. The Kier molecular flexibility index (Phi) is 12.2. The fraction of sp³-hybridized carbons (Fsp3) is 1.00. The molecule has 1 fully saturated rings. The van der Waals surface area contributed by atoms with Crippen LogP contribution in [0, 0.1) is 0 Å². The Morgan fingerprint density at radius 2 is 0.833 bits per heavy atom. The molecule has 0 N–H and O–H groups in total. The van der Waals surface area contributed by atoms with E-state index in [1.807, 2.05) is 0 Å². The molecular weight excluding hydrogens is 260 g/mol. The van der Waals surface area contributed by atoms with Crippen LogP contribution >= 0.6 is 12.0 Å². The van der Waals surface area contributed by atoms with Gasteiger partial charge in [0.05, 0.1) is 66.1 Å². The first kappa shape index (κ1) is 16.2. The Hall–Kier alpha value is 0.110. The Bertz CT molecular complexity index is 96.6. The normalized spacial score (nSPS) is 24.0. The highest BCUT2D eigenvalue weighted by atomic mass is 32.2. The lowest BCUT2D eigenvalue weighted by atomic mass is 10.7. The quantitative estimate of drug-likeness (QED) is 0.606. The van der Waals surface area contributed by atoms with Gasteiger partial charge >= 0.3 is 0 Å². The molecule has 1 heterocycles. The zero-order valence-corrected chi connectivity index (χ0v) is 11.5. The predicted octanol–water partition coefficient (Wildman–Crippen LogP) is 0.705. The van der Waals surface area contributed by atoms with Gasteiger partial charge in [-0.15, -0.1) is 0 Å². The Morgan fingerprint density at radius 3 is 1.33 bits per heavy atom. The number of rotatable bonds is 0. The molecule has 1 saturated heterocycles. The second-order valence-electron chi connectivity index (χ2n) is 3.42. The Labute approximate surface area is 112 Å². The van der Waals surface area contributed by atoms with Gasteiger partial charge in [0, 0.05) is 12.0 Å². The summed E-state index contributed by atoms with van der Waals surface area (Å²) in [5.74, 6) is 0.503. The molecule has 1 rings (SSSR count). The van der Waals surface area contributed by atoms with E-state index in [4.69, 9.17) is 27.9 Å². The fourth-order valence-electron chi connectivity index (χ4n) is 1.16. The standard InChI is InChI=1S/C11H22O6S/c1-2-13-5-6-15-9-10-17-18-11-16-8-7-14-4-3-12-1/h1-11H2. The van der Waals surface area contributed by atoms with Crippen molar-refractivity contribution in [2.24, 2.45) is 0 Å². The van der Waals surface area contributed by atoms with E-state index in [9.17, 15) is 0 Å². The highest BCUT2D eigenvalue weighted by Gasteiger charge is 1.95. The van der Waals surface area contributed by atoms with Gasteiger partial charge in [0.15, 0.2) is 0 Å². The first-order chi connectivity index (χ1) is 9.00. The molecule has 7 heteroatoms. The first-order valence-electron chi connectivity index (χ1n) is 6.13. The van der Waals surface area contributed by atoms with Crippen LogP contribution in [0.2, 0.25) is 0 Å². The molecular formula is C11H22O6S. The lowest BCUT2D eigenvalue weighted by Gasteiger charge is -2.09. The second kappa shape index (κ2) is 13.5. The van der Waals surface area contributed by atoms with Gasteiger partial charge in [-0.05, 0) is 0 Å². The van der Waals surface area contributed by atoms with E-state index < -0.39 is 0 Å². The van der Waals surface area contributed by atoms with Crippen LogP contribution in [0.25, 0.3) is 0 Å². The van der Waals surface area contributed by atoms with Crippen molar-refractivity contribution in [3.05, 3.63) is 0 Å². The van der Waals surface area contributed by atoms with E-state index >= 15 is 0 Å². The van der Waals surface area contributed by atoms with E-state index in [0.717, 1.165) is 0 Å². The van der Waals surface area contributed by atoms with Gasteiger partial charge in [-0.1, -0.05) is 0 Å². The van der Waals surface area contributed by atoms with Gasteiger partial charge in [-0.2, -0.15) is 0 Å². The SMILES string of the molecule is C1COCCOCCOSCOCCOCCO1. The monoisotopic (exact) mass is 282 g/mol. The minimum absolute atomic E-state index is 0.503. The lowest BCUT2D eigenvalue weighted by Crippen LogP contribution is -2.14. The maximum atomic E-state index is 5.32. The molecule has 108 valence electrons. The highest BCUT2D eigenvalue weighted by molar-refractivity contribution is 7.94. The smallest absolute Gasteiger partial charge is 0.118 e. The second-order valence-corrected chi connectivity index (χ2v) is 4.12. The van der Waals surface area contributed by atoms with Crippen molar-refractivity contribution in [2.45, 2.75) is 0 Å². The third kappa shape index (κ3) is 11.2. The van der Waals surface area contributed by atoms with E-state index in [2.05, 4.69) is 0 Å². The van der Waals surface area contributed by atoms with Crippen LogP contribution in [-0.2, 0) is 27.9 Å². The molecule has 0 atom stereocenters. The van der Waals surface area contributed by atoms with Gasteiger partial charge in [-0.3, -0.25) is 0 Å². The fourth-order valence-corrected chi connectivity index (χ4v) is 1.60. The van der Waals surface area contributed by atoms with Crippen molar-refractivity contribution in [1.82, 2.24) is 0 Å². The third-order valence-corrected chi connectivity index (χ3v) is 2.61. The maximum Gasteiger partial charge on any atom is 0.118 e. The van der Waals surface area contributed by atoms with Gasteiger partial charge in [0.2, 0.25) is 0 Å². The molecule has 1 aliphatic heterocycles. The third-order valence-electron chi connectivity index (χ3n) is 2.01. The van der Waals surface area contributed by atoms with Gasteiger partial charge in [0.25, 0.3) is 0 Å². The Balaban J connectivity index is 2.00. The summed E-state index contributed by atoms with van der Waals surface area (Å²) in [5, 5.41) is 0. The summed E-state index contributed by atoms with van der Waals surface area (Å²) in [6.07, 6.45) is 0. The molecule has 0 aromatic carbocycles. The molecule has 6 nitrogen and oxygen atoms in total. The van der Waals surface area contributed by atoms with Crippen LogP contribution in [-0.4, -0.2) is 72.0 Å². The zero-order valence-electron chi connectivity index (χ0n) is 10.6. The topological polar surface area (TPSA) is 55.4 Å². The van der Waals surface area contributed by atoms with Crippen LogP contribution in [0.4, 0.5) is 0 Å². The minimum Gasteiger partial charge on any atom is -0.377 e. The van der Waals surface area contributed by atoms with Gasteiger partial charge in [0.1, 0.15) is 5.94 Å². The summed E-state index contributed by atoms with van der Waals surface area (Å²) < 4.78 is 31.8. The van der Waals surface area contributed by atoms with Crippen molar-refractivity contribution in [2.75, 3.05) is 72.0 Å². The lowest BCUT2D eigenvalue weighted by molar-refractivity contribution is -0.0116. The number of hydrogen-bond acceptors (Lipinski definition) is 7. The van der Waals surface area contributed by atoms with Crippen molar-refractivity contribution in [1.29, 1.82) is 0 Å². The van der Waals surface area contributed by atoms with E-state index in [0.29, 0.717) is 72.0 Å². The molecule has 0 bridgehead atoms. The molecule has 18 heavy (non-hydrogen) atoms. The van der Waals surface area contributed by atoms with Gasteiger partial charge < -0.3 is 27.9 Å². The van der Waals surface area contributed by atoms with Crippen molar-refractivity contribution >= 4 is 12.0 Å². The molecule has 0 saturated carbocycles. The van der Waals surface area contributed by atoms with Crippen LogP contribution in [0.5, 0.6) is 0 Å². The van der Waals surface area contributed by atoms with Gasteiger partial charge in [-0.25, -0.2) is 0 Å². The summed E-state index contributed by atoms with van der Waals surface area (Å²) >= 11 is 1.28. The minimum atomic E-state index is 0.503. The largest absolute Gasteiger partial charge is 0.377 e. The molecule has 0 aromatic heterocycles. The molecule has 0 radical (unpaired) electrons. The van der Waals surface area contributed by atoms with E-state index in [1.165, 1.54) is 12.0 Å². The summed E-state index contributed by atoms with van der Waals surface area (Å²) in [7, 11) is 0. The number of hydrogen-bond donors (Lipinski definition) is 0. The highest BCUT2D eigenvalue weighted by Crippen LogP contribution is 2.02. The summed E-state index contributed by atoms with van der Waals surface area (Å²) in [5.41, 5.74) is 0. The molecule has 1 aliphatic rings. The van der Waals surface area contributed by atoms with Crippen molar-refractivity contribution in [3.63, 3.8) is 0 Å². The molecule has 0 amide bonds. The summed E-state index contributed by atoms with van der Waals surface area (Å²) in [4.78, 5) is 0. The molecule has 0 spiro atoms. The molecule has 0 aromatic rings. The van der Waals surface area contributed by atoms with Crippen molar-refractivity contribution in [3.8, 4) is 0 Å². The molecule has 0 unspecified atom stereocenters. The average Bonchev–Trinajstić information content (AvgIpc) is 2.39. The average molecular weight is 282 g/mol. The van der Waals surface area contributed by atoms with E-state index in [-0.39, 0.29) is 0 Å². The predicted molar refractivity (Wildman–Crippen MR) is 67.6 cm³/mol. The Morgan fingerprint density at radius 1 is 0.444 bits per heavy atom. The van der Waals surface area contributed by atoms with Crippen LogP contribution in [0.3, 0.4) is 0 Å².